The van der Waals surface area contributed by atoms with Gasteiger partial charge >= 0.3 is 0 Å². The van der Waals surface area contributed by atoms with Gasteiger partial charge in [-0.2, -0.15) is 0 Å². The van der Waals surface area contributed by atoms with Gasteiger partial charge in [0.05, 0.1) is 13.2 Å². The first-order valence-corrected chi connectivity index (χ1v) is 7.98. The van der Waals surface area contributed by atoms with Crippen LogP contribution < -0.4 is 14.8 Å². The third-order valence-electron chi connectivity index (χ3n) is 4.79. The van der Waals surface area contributed by atoms with E-state index in [1.165, 1.54) is 18.4 Å². The minimum atomic E-state index is 0.225. The van der Waals surface area contributed by atoms with Gasteiger partial charge in [-0.05, 0) is 43.4 Å². The Morgan fingerprint density at radius 3 is 2.71 bits per heavy atom. The van der Waals surface area contributed by atoms with Crippen LogP contribution >= 0.6 is 0 Å². The molecule has 0 aromatic heterocycles. The van der Waals surface area contributed by atoms with Gasteiger partial charge < -0.3 is 19.9 Å². The van der Waals surface area contributed by atoms with Crippen molar-refractivity contribution in [2.75, 3.05) is 26.8 Å². The SMILES string of the molecule is COc1ccc(C2CNC[C@H]2CO)cc1OC1CCCC1. The first-order chi connectivity index (χ1) is 10.3. The van der Waals surface area contributed by atoms with E-state index >= 15 is 0 Å². The summed E-state index contributed by atoms with van der Waals surface area (Å²) in [5, 5.41) is 12.9. The molecule has 2 atom stereocenters. The normalized spacial score (nSPS) is 26.2. The summed E-state index contributed by atoms with van der Waals surface area (Å²) >= 11 is 0. The fourth-order valence-corrected chi connectivity index (χ4v) is 3.52. The Bertz CT molecular complexity index is 471. The lowest BCUT2D eigenvalue weighted by Gasteiger charge is -2.20. The summed E-state index contributed by atoms with van der Waals surface area (Å²) in [6.07, 6.45) is 5.11. The van der Waals surface area contributed by atoms with E-state index in [9.17, 15) is 5.11 Å². The largest absolute Gasteiger partial charge is 0.493 e. The zero-order chi connectivity index (χ0) is 14.7. The van der Waals surface area contributed by atoms with E-state index < -0.39 is 0 Å². The van der Waals surface area contributed by atoms with Crippen molar-refractivity contribution in [2.24, 2.45) is 5.92 Å². The van der Waals surface area contributed by atoms with Crippen LogP contribution in [0.2, 0.25) is 0 Å². The summed E-state index contributed by atoms with van der Waals surface area (Å²) in [5.41, 5.74) is 1.23. The third kappa shape index (κ3) is 3.16. The molecule has 1 saturated heterocycles. The third-order valence-corrected chi connectivity index (χ3v) is 4.79. The molecule has 3 rings (SSSR count). The fraction of sp³-hybridized carbons (Fsp3) is 0.647. The van der Waals surface area contributed by atoms with Gasteiger partial charge in [-0.3, -0.25) is 0 Å². The molecule has 0 radical (unpaired) electrons. The van der Waals surface area contributed by atoms with Crippen molar-refractivity contribution >= 4 is 0 Å². The molecule has 1 heterocycles. The van der Waals surface area contributed by atoms with Gasteiger partial charge in [-0.1, -0.05) is 6.07 Å². The topological polar surface area (TPSA) is 50.7 Å². The van der Waals surface area contributed by atoms with E-state index in [2.05, 4.69) is 17.4 Å². The highest BCUT2D eigenvalue weighted by Crippen LogP contribution is 2.36. The molecule has 2 fully saturated rings. The molecule has 4 heteroatoms. The number of rotatable bonds is 5. The lowest BCUT2D eigenvalue weighted by molar-refractivity contribution is 0.200. The summed E-state index contributed by atoms with van der Waals surface area (Å²) < 4.78 is 11.6. The smallest absolute Gasteiger partial charge is 0.161 e. The second kappa shape index (κ2) is 6.67. The average molecular weight is 291 g/mol. The monoisotopic (exact) mass is 291 g/mol. The van der Waals surface area contributed by atoms with Crippen molar-refractivity contribution in [1.29, 1.82) is 0 Å². The molecule has 1 aliphatic heterocycles. The zero-order valence-electron chi connectivity index (χ0n) is 12.7. The van der Waals surface area contributed by atoms with Crippen LogP contribution in [0.4, 0.5) is 0 Å². The van der Waals surface area contributed by atoms with Gasteiger partial charge in [0.2, 0.25) is 0 Å². The Labute approximate surface area is 126 Å². The molecule has 0 spiro atoms. The van der Waals surface area contributed by atoms with Crippen LogP contribution in [0.25, 0.3) is 0 Å². The first kappa shape index (κ1) is 14.7. The standard InChI is InChI=1S/C17H25NO3/c1-20-16-7-6-12(15-10-18-9-13(15)11-19)8-17(16)21-14-4-2-3-5-14/h6-8,13-15,18-19H,2-5,9-11H2,1H3/t13-,15?/m0/s1. The Balaban J connectivity index is 1.81. The van der Waals surface area contributed by atoms with Crippen LogP contribution in [0.1, 0.15) is 37.2 Å². The number of aliphatic hydroxyl groups is 1. The van der Waals surface area contributed by atoms with Crippen LogP contribution in [-0.4, -0.2) is 38.0 Å². The molecular weight excluding hydrogens is 266 g/mol. The Morgan fingerprint density at radius 1 is 1.19 bits per heavy atom. The predicted molar refractivity (Wildman–Crippen MR) is 82.1 cm³/mol. The van der Waals surface area contributed by atoms with E-state index in [0.717, 1.165) is 37.4 Å². The number of aliphatic hydroxyl groups excluding tert-OH is 1. The molecular formula is C17H25NO3. The Morgan fingerprint density at radius 2 is 2.00 bits per heavy atom. The van der Waals surface area contributed by atoms with Crippen LogP contribution in [-0.2, 0) is 0 Å². The molecule has 116 valence electrons. The first-order valence-electron chi connectivity index (χ1n) is 7.98. The molecule has 1 aliphatic carbocycles. The highest BCUT2D eigenvalue weighted by atomic mass is 16.5. The highest BCUT2D eigenvalue weighted by Gasteiger charge is 2.29. The van der Waals surface area contributed by atoms with Crippen molar-refractivity contribution in [1.82, 2.24) is 5.32 Å². The maximum absolute atomic E-state index is 9.50. The second-order valence-corrected chi connectivity index (χ2v) is 6.14. The van der Waals surface area contributed by atoms with Crippen molar-refractivity contribution in [3.8, 4) is 11.5 Å². The van der Waals surface area contributed by atoms with E-state index in [0.29, 0.717) is 12.0 Å². The Hall–Kier alpha value is -1.26. The van der Waals surface area contributed by atoms with E-state index in [1.54, 1.807) is 7.11 Å². The summed E-state index contributed by atoms with van der Waals surface area (Å²) in [7, 11) is 1.68. The lowest BCUT2D eigenvalue weighted by Crippen LogP contribution is -2.16. The lowest BCUT2D eigenvalue weighted by atomic mass is 9.89. The summed E-state index contributed by atoms with van der Waals surface area (Å²) in [6.45, 7) is 2.02. The van der Waals surface area contributed by atoms with Crippen LogP contribution in [0, 0.1) is 5.92 Å². The van der Waals surface area contributed by atoms with E-state index in [1.807, 2.05) is 6.07 Å². The van der Waals surface area contributed by atoms with Crippen molar-refractivity contribution in [3.63, 3.8) is 0 Å². The van der Waals surface area contributed by atoms with E-state index in [-0.39, 0.29) is 12.5 Å². The van der Waals surface area contributed by atoms with Crippen molar-refractivity contribution in [3.05, 3.63) is 23.8 Å². The molecule has 0 bridgehead atoms. The van der Waals surface area contributed by atoms with Gasteiger partial charge in [0.1, 0.15) is 0 Å². The quantitative estimate of drug-likeness (QED) is 0.874. The molecule has 2 aliphatic rings. The van der Waals surface area contributed by atoms with Crippen molar-refractivity contribution in [2.45, 2.75) is 37.7 Å². The van der Waals surface area contributed by atoms with Gasteiger partial charge in [0, 0.05) is 31.5 Å². The van der Waals surface area contributed by atoms with Crippen LogP contribution in [0.3, 0.4) is 0 Å². The minimum Gasteiger partial charge on any atom is -0.493 e. The summed E-state index contributed by atoms with van der Waals surface area (Å²) in [6, 6.07) is 6.20. The van der Waals surface area contributed by atoms with Crippen LogP contribution in [0.5, 0.6) is 11.5 Å². The second-order valence-electron chi connectivity index (χ2n) is 6.14. The molecule has 0 amide bonds. The summed E-state index contributed by atoms with van der Waals surface area (Å²) in [4.78, 5) is 0. The number of benzene rings is 1. The van der Waals surface area contributed by atoms with Crippen LogP contribution in [0.15, 0.2) is 18.2 Å². The number of nitrogens with one attached hydrogen (secondary N) is 1. The van der Waals surface area contributed by atoms with Gasteiger partial charge in [-0.25, -0.2) is 0 Å². The number of ether oxygens (including phenoxy) is 2. The number of methoxy groups -OCH3 is 1. The zero-order valence-corrected chi connectivity index (χ0v) is 12.7. The summed E-state index contributed by atoms with van der Waals surface area (Å²) in [5.74, 6) is 2.30. The fourth-order valence-electron chi connectivity index (χ4n) is 3.52. The Kier molecular flexibility index (Phi) is 4.66. The molecule has 2 N–H and O–H groups in total. The van der Waals surface area contributed by atoms with Crippen molar-refractivity contribution < 1.29 is 14.6 Å². The van der Waals surface area contributed by atoms with Gasteiger partial charge in [0.15, 0.2) is 11.5 Å². The molecule has 1 aromatic carbocycles. The minimum absolute atomic E-state index is 0.225. The molecule has 4 nitrogen and oxygen atoms in total. The average Bonchev–Trinajstić information content (AvgIpc) is 3.18. The number of hydrogen-bond donors (Lipinski definition) is 2. The van der Waals surface area contributed by atoms with E-state index in [4.69, 9.17) is 9.47 Å². The predicted octanol–water partition coefficient (Wildman–Crippen LogP) is 2.31. The molecule has 1 aromatic rings. The van der Waals surface area contributed by atoms with Gasteiger partial charge in [-0.15, -0.1) is 0 Å². The number of hydrogen-bond acceptors (Lipinski definition) is 4. The molecule has 21 heavy (non-hydrogen) atoms. The molecule has 1 unspecified atom stereocenters. The van der Waals surface area contributed by atoms with Gasteiger partial charge in [0.25, 0.3) is 0 Å². The molecule has 1 saturated carbocycles. The maximum atomic E-state index is 9.50. The maximum Gasteiger partial charge on any atom is 0.161 e. The highest BCUT2D eigenvalue weighted by molar-refractivity contribution is 5.44.